The summed E-state index contributed by atoms with van der Waals surface area (Å²) in [6, 6.07) is 7.41. The molecule has 0 saturated carbocycles. The van der Waals surface area contributed by atoms with E-state index < -0.39 is 31.7 Å². The van der Waals surface area contributed by atoms with Crippen molar-refractivity contribution in [3.05, 3.63) is 35.9 Å². The summed E-state index contributed by atoms with van der Waals surface area (Å²) in [5.74, 6) is -2.02. The van der Waals surface area contributed by atoms with Gasteiger partial charge in [0.1, 0.15) is 0 Å². The maximum atomic E-state index is 11.7. The molecule has 0 saturated heterocycles. The van der Waals surface area contributed by atoms with Gasteiger partial charge in [-0.2, -0.15) is 0 Å². The van der Waals surface area contributed by atoms with Crippen LogP contribution in [0.5, 0.6) is 0 Å². The van der Waals surface area contributed by atoms with Crippen LogP contribution in [-0.4, -0.2) is 24.1 Å². The Labute approximate surface area is 122 Å². The minimum Gasteiger partial charge on any atom is -0.811 e. The molecule has 0 aliphatic carbocycles. The predicted molar refractivity (Wildman–Crippen MR) is 68.8 cm³/mol. The highest BCUT2D eigenvalue weighted by Crippen LogP contribution is 2.24. The highest BCUT2D eigenvalue weighted by molar-refractivity contribution is 7.48. The van der Waals surface area contributed by atoms with Crippen molar-refractivity contribution in [2.45, 2.75) is 25.3 Å². The second kappa shape index (κ2) is 7.93. The average Bonchev–Trinajstić information content (AvgIpc) is 2.37. The summed E-state index contributed by atoms with van der Waals surface area (Å²) in [5.41, 5.74) is 0.718. The van der Waals surface area contributed by atoms with Crippen LogP contribution in [0.3, 0.4) is 0 Å². The standard InChI is InChI=1S/C13H18NO6P/c15-12(9-10-5-2-1-3-6-10)14-11(13(16)17)7-4-8-21(18,19)20/h1-3,5-6,11H,4,7-9H2,(H,14,15)(H,16,17)(H2,18,19,20)/p-3/t11-/m1/s1. The van der Waals surface area contributed by atoms with Crippen LogP contribution in [0.1, 0.15) is 18.4 Å². The van der Waals surface area contributed by atoms with Crippen LogP contribution in [0.4, 0.5) is 0 Å². The van der Waals surface area contributed by atoms with Crippen molar-refractivity contribution in [1.29, 1.82) is 0 Å². The molecule has 0 bridgehead atoms. The third kappa shape index (κ3) is 7.60. The molecule has 0 aromatic heterocycles. The summed E-state index contributed by atoms with van der Waals surface area (Å²) in [7, 11) is -4.67. The first-order valence-corrected chi connectivity index (χ1v) is 8.06. The Morgan fingerprint density at radius 1 is 1.19 bits per heavy atom. The monoisotopic (exact) mass is 312 g/mol. The molecule has 0 radical (unpaired) electrons. The summed E-state index contributed by atoms with van der Waals surface area (Å²) < 4.78 is 10.5. The van der Waals surface area contributed by atoms with Crippen molar-refractivity contribution in [3.8, 4) is 0 Å². The minimum atomic E-state index is -4.67. The van der Waals surface area contributed by atoms with Crippen molar-refractivity contribution in [2.24, 2.45) is 0 Å². The molecule has 7 nitrogen and oxygen atoms in total. The molecule has 0 aliphatic rings. The summed E-state index contributed by atoms with van der Waals surface area (Å²) >= 11 is 0. The molecule has 0 heterocycles. The molecule has 1 N–H and O–H groups in total. The van der Waals surface area contributed by atoms with Gasteiger partial charge >= 0.3 is 0 Å². The van der Waals surface area contributed by atoms with Gasteiger partial charge in [0, 0.05) is 0 Å². The summed E-state index contributed by atoms with van der Waals surface area (Å²) in [6.07, 6.45) is -0.955. The van der Waals surface area contributed by atoms with E-state index in [9.17, 15) is 29.0 Å². The van der Waals surface area contributed by atoms with Gasteiger partial charge in [-0.3, -0.25) is 4.79 Å². The lowest BCUT2D eigenvalue weighted by atomic mass is 10.1. The number of aliphatic carboxylic acids is 1. The molecular formula is C13H15NO6P-3. The van der Waals surface area contributed by atoms with Crippen LogP contribution in [0.25, 0.3) is 0 Å². The SMILES string of the molecule is O=C(Cc1ccccc1)N[C@H](CCCP(=O)([O-])[O-])C(=O)[O-]. The Kier molecular flexibility index (Phi) is 6.55. The highest BCUT2D eigenvalue weighted by Gasteiger charge is 2.13. The molecule has 0 spiro atoms. The first-order chi connectivity index (χ1) is 9.78. The fourth-order valence-electron chi connectivity index (χ4n) is 1.76. The van der Waals surface area contributed by atoms with E-state index in [1.54, 1.807) is 30.3 Å². The Morgan fingerprint density at radius 2 is 1.81 bits per heavy atom. The summed E-state index contributed by atoms with van der Waals surface area (Å²) in [6.45, 7) is 0. The highest BCUT2D eigenvalue weighted by atomic mass is 31.2. The first-order valence-electron chi connectivity index (χ1n) is 6.33. The number of hydrogen-bond donors (Lipinski definition) is 1. The largest absolute Gasteiger partial charge is 0.811 e. The molecule has 21 heavy (non-hydrogen) atoms. The molecule has 116 valence electrons. The zero-order valence-corrected chi connectivity index (χ0v) is 12.1. The number of amides is 1. The first kappa shape index (κ1) is 17.4. The molecule has 0 unspecified atom stereocenters. The second-order valence-electron chi connectivity index (χ2n) is 4.58. The van der Waals surface area contributed by atoms with E-state index in [4.69, 9.17) is 0 Å². The molecule has 1 aromatic rings. The van der Waals surface area contributed by atoms with Gasteiger partial charge in [-0.15, -0.1) is 0 Å². The maximum absolute atomic E-state index is 11.7. The summed E-state index contributed by atoms with van der Waals surface area (Å²) in [5, 5.41) is 13.1. The number of carbonyl (C=O) groups is 2. The van der Waals surface area contributed by atoms with Gasteiger partial charge in [-0.1, -0.05) is 37.9 Å². The van der Waals surface area contributed by atoms with E-state index in [2.05, 4.69) is 5.32 Å². The topological polar surface area (TPSA) is 132 Å². The molecule has 8 heteroatoms. The average molecular weight is 312 g/mol. The second-order valence-corrected chi connectivity index (χ2v) is 6.25. The fraction of sp³-hybridized carbons (Fsp3) is 0.385. The van der Waals surface area contributed by atoms with Crippen LogP contribution < -0.4 is 20.2 Å². The van der Waals surface area contributed by atoms with Gasteiger partial charge in [0.15, 0.2) is 0 Å². The maximum Gasteiger partial charge on any atom is 0.224 e. The third-order valence-corrected chi connectivity index (χ3v) is 3.62. The molecule has 1 rings (SSSR count). The number of nitrogens with one attached hydrogen (secondary N) is 1. The Balaban J connectivity index is 2.48. The van der Waals surface area contributed by atoms with E-state index in [1.165, 1.54) is 0 Å². The van der Waals surface area contributed by atoms with Crippen molar-refractivity contribution >= 4 is 19.5 Å². The normalized spacial score (nSPS) is 12.7. The smallest absolute Gasteiger partial charge is 0.224 e. The Hall–Kier alpha value is -1.69. The van der Waals surface area contributed by atoms with Gasteiger partial charge in [0.25, 0.3) is 0 Å². The van der Waals surface area contributed by atoms with Crippen LogP contribution >= 0.6 is 7.60 Å². The molecule has 0 aliphatic heterocycles. The van der Waals surface area contributed by atoms with Crippen molar-refractivity contribution in [1.82, 2.24) is 5.32 Å². The number of carbonyl (C=O) groups excluding carboxylic acids is 2. The lowest BCUT2D eigenvalue weighted by Gasteiger charge is -2.30. The number of carboxylic acid groups (broad SMARTS) is 1. The van der Waals surface area contributed by atoms with Gasteiger partial charge in [-0.25, -0.2) is 0 Å². The quantitative estimate of drug-likeness (QED) is 0.561. The van der Waals surface area contributed by atoms with E-state index in [1.807, 2.05) is 0 Å². The van der Waals surface area contributed by atoms with Gasteiger partial charge in [-0.05, 0) is 24.6 Å². The van der Waals surface area contributed by atoms with Crippen molar-refractivity contribution in [3.63, 3.8) is 0 Å². The van der Waals surface area contributed by atoms with Crippen LogP contribution in [0.15, 0.2) is 30.3 Å². The van der Waals surface area contributed by atoms with E-state index >= 15 is 0 Å². The lowest BCUT2D eigenvalue weighted by molar-refractivity contribution is -0.314. The van der Waals surface area contributed by atoms with Gasteiger partial charge < -0.3 is 29.6 Å². The van der Waals surface area contributed by atoms with Crippen LogP contribution in [-0.2, 0) is 20.6 Å². The molecule has 1 atom stereocenters. The zero-order chi connectivity index (χ0) is 15.9. The molecule has 1 amide bonds. The lowest BCUT2D eigenvalue weighted by Crippen LogP contribution is -2.48. The van der Waals surface area contributed by atoms with E-state index in [0.717, 1.165) is 5.56 Å². The van der Waals surface area contributed by atoms with E-state index in [-0.39, 0.29) is 19.3 Å². The Morgan fingerprint density at radius 3 is 2.33 bits per heavy atom. The zero-order valence-electron chi connectivity index (χ0n) is 11.2. The van der Waals surface area contributed by atoms with Crippen LogP contribution in [0, 0.1) is 0 Å². The van der Waals surface area contributed by atoms with Crippen molar-refractivity contribution in [2.75, 3.05) is 6.16 Å². The third-order valence-electron chi connectivity index (χ3n) is 2.75. The van der Waals surface area contributed by atoms with E-state index in [0.29, 0.717) is 0 Å². The molecule has 0 fully saturated rings. The Bertz CT molecular complexity index is 527. The number of rotatable bonds is 8. The fourth-order valence-corrected chi connectivity index (χ4v) is 2.33. The predicted octanol–water partition coefficient (Wildman–Crippen LogP) is -1.84. The summed E-state index contributed by atoms with van der Waals surface area (Å²) in [4.78, 5) is 43.5. The number of carboxylic acids is 1. The van der Waals surface area contributed by atoms with Crippen molar-refractivity contribution < 1.29 is 29.0 Å². The molecule has 1 aromatic carbocycles. The minimum absolute atomic E-state index is 0.00617. The number of hydrogen-bond acceptors (Lipinski definition) is 6. The van der Waals surface area contributed by atoms with Crippen LogP contribution in [0.2, 0.25) is 0 Å². The van der Waals surface area contributed by atoms with Gasteiger partial charge in [0.05, 0.1) is 18.4 Å². The number of benzene rings is 1. The van der Waals surface area contributed by atoms with Gasteiger partial charge in [0.2, 0.25) is 5.91 Å². The molecular weight excluding hydrogens is 297 g/mol.